The van der Waals surface area contributed by atoms with Gasteiger partial charge in [0.05, 0.1) is 0 Å². The van der Waals surface area contributed by atoms with E-state index in [-0.39, 0.29) is 11.3 Å². The second-order valence-corrected chi connectivity index (χ2v) is 4.18. The molecule has 2 aromatic rings. The predicted octanol–water partition coefficient (Wildman–Crippen LogP) is 4.15. The van der Waals surface area contributed by atoms with E-state index in [1.807, 2.05) is 0 Å². The number of phenols is 1. The van der Waals surface area contributed by atoms with Crippen LogP contribution in [0.25, 0.3) is 0 Å². The first kappa shape index (κ1) is 15.0. The third-order valence-corrected chi connectivity index (χ3v) is 2.81. The van der Waals surface area contributed by atoms with Crippen molar-refractivity contribution >= 4 is 11.9 Å². The Labute approximate surface area is 116 Å². The minimum absolute atomic E-state index is 0.112. The molecule has 0 aliphatic heterocycles. The van der Waals surface area contributed by atoms with Crippen molar-refractivity contribution in [2.24, 2.45) is 4.99 Å². The number of hydrogen-bond acceptors (Lipinski definition) is 2. The quantitative estimate of drug-likeness (QED) is 0.384. The number of benzene rings is 2. The lowest BCUT2D eigenvalue weighted by Gasteiger charge is -2.05. The highest BCUT2D eigenvalue weighted by Gasteiger charge is 2.25. The Morgan fingerprint density at radius 3 is 1.95 bits per heavy atom. The fraction of sp³-hybridized carbons (Fsp3) is 0.0714. The molecule has 0 saturated carbocycles. The molecule has 0 aliphatic carbocycles. The molecular formula is C14H8F5NO. The molecule has 2 aromatic carbocycles. The number of aryl methyl sites for hydroxylation is 1. The summed E-state index contributed by atoms with van der Waals surface area (Å²) in [7, 11) is 0. The minimum Gasteiger partial charge on any atom is -0.507 e. The molecule has 0 heterocycles. The van der Waals surface area contributed by atoms with Gasteiger partial charge in [0.15, 0.2) is 23.3 Å². The number of aromatic hydroxyl groups is 1. The zero-order chi connectivity index (χ0) is 15.7. The molecule has 0 radical (unpaired) electrons. The fourth-order valence-electron chi connectivity index (χ4n) is 1.67. The Morgan fingerprint density at radius 1 is 0.905 bits per heavy atom. The van der Waals surface area contributed by atoms with Gasteiger partial charge in [-0.05, 0) is 18.6 Å². The van der Waals surface area contributed by atoms with Crippen LogP contribution in [0.3, 0.4) is 0 Å². The lowest BCUT2D eigenvalue weighted by atomic mass is 10.1. The first-order valence-electron chi connectivity index (χ1n) is 5.68. The maximum absolute atomic E-state index is 13.4. The van der Waals surface area contributed by atoms with Crippen molar-refractivity contribution in [3.63, 3.8) is 0 Å². The van der Waals surface area contributed by atoms with Crippen LogP contribution in [0, 0.1) is 36.0 Å². The van der Waals surface area contributed by atoms with Crippen molar-refractivity contribution in [1.82, 2.24) is 0 Å². The second-order valence-electron chi connectivity index (χ2n) is 4.18. The molecule has 0 atom stereocenters. The molecule has 0 unspecified atom stereocenters. The van der Waals surface area contributed by atoms with E-state index in [0.29, 0.717) is 5.56 Å². The van der Waals surface area contributed by atoms with Gasteiger partial charge in [-0.25, -0.2) is 26.9 Å². The van der Waals surface area contributed by atoms with Gasteiger partial charge in [-0.15, -0.1) is 0 Å². The van der Waals surface area contributed by atoms with E-state index < -0.39 is 34.8 Å². The normalized spacial score (nSPS) is 11.3. The summed E-state index contributed by atoms with van der Waals surface area (Å²) >= 11 is 0. The highest BCUT2D eigenvalue weighted by atomic mass is 19.2. The van der Waals surface area contributed by atoms with Crippen LogP contribution in [0.1, 0.15) is 11.1 Å². The van der Waals surface area contributed by atoms with Crippen molar-refractivity contribution in [2.45, 2.75) is 6.92 Å². The van der Waals surface area contributed by atoms with Crippen LogP contribution >= 0.6 is 0 Å². The molecule has 0 bridgehead atoms. The molecule has 0 aromatic heterocycles. The van der Waals surface area contributed by atoms with Crippen LogP contribution in [-0.4, -0.2) is 11.3 Å². The van der Waals surface area contributed by atoms with Gasteiger partial charge in [0, 0.05) is 11.8 Å². The number of rotatable bonds is 2. The van der Waals surface area contributed by atoms with Crippen molar-refractivity contribution in [3.05, 3.63) is 58.4 Å². The summed E-state index contributed by atoms with van der Waals surface area (Å²) in [6, 6.07) is 4.41. The maximum atomic E-state index is 13.4. The van der Waals surface area contributed by atoms with Crippen molar-refractivity contribution < 1.29 is 27.1 Å². The van der Waals surface area contributed by atoms with E-state index in [2.05, 4.69) is 4.99 Å². The zero-order valence-corrected chi connectivity index (χ0v) is 10.6. The summed E-state index contributed by atoms with van der Waals surface area (Å²) in [6.07, 6.45) is 0.836. The SMILES string of the molecule is Cc1cccc(O)c1C=Nc1c(F)c(F)c(F)c(F)c1F. The van der Waals surface area contributed by atoms with Crippen LogP contribution in [0.4, 0.5) is 27.6 Å². The molecule has 0 saturated heterocycles. The van der Waals surface area contributed by atoms with Gasteiger partial charge in [0.1, 0.15) is 11.4 Å². The van der Waals surface area contributed by atoms with Crippen LogP contribution in [-0.2, 0) is 0 Å². The van der Waals surface area contributed by atoms with E-state index in [9.17, 15) is 27.1 Å². The van der Waals surface area contributed by atoms with Crippen LogP contribution in [0.15, 0.2) is 23.2 Å². The standard InChI is InChI=1S/C14H8F5NO/c1-6-3-2-4-8(21)7(6)5-20-14-12(18)10(16)9(15)11(17)13(14)19/h2-5,21H,1H3. The smallest absolute Gasteiger partial charge is 0.200 e. The fourth-order valence-corrected chi connectivity index (χ4v) is 1.67. The lowest BCUT2D eigenvalue weighted by molar-refractivity contribution is 0.381. The lowest BCUT2D eigenvalue weighted by Crippen LogP contribution is -2.01. The Morgan fingerprint density at radius 2 is 1.43 bits per heavy atom. The molecule has 7 heteroatoms. The Kier molecular flexibility index (Phi) is 3.93. The monoisotopic (exact) mass is 301 g/mol. The topological polar surface area (TPSA) is 32.6 Å². The second kappa shape index (κ2) is 5.51. The molecule has 0 aliphatic rings. The zero-order valence-electron chi connectivity index (χ0n) is 10.6. The van der Waals surface area contributed by atoms with Crippen molar-refractivity contribution in [2.75, 3.05) is 0 Å². The first-order valence-corrected chi connectivity index (χ1v) is 5.68. The summed E-state index contributed by atoms with van der Waals surface area (Å²) in [5.74, 6) is -10.7. The molecule has 2 rings (SSSR count). The molecule has 21 heavy (non-hydrogen) atoms. The Balaban J connectivity index is 2.57. The molecular weight excluding hydrogens is 293 g/mol. The summed E-state index contributed by atoms with van der Waals surface area (Å²) in [5, 5.41) is 9.57. The first-order chi connectivity index (χ1) is 9.84. The number of nitrogens with zero attached hydrogens (tertiary/aromatic N) is 1. The number of hydrogen-bond donors (Lipinski definition) is 1. The minimum atomic E-state index is -2.25. The van der Waals surface area contributed by atoms with E-state index >= 15 is 0 Å². The average Bonchev–Trinajstić information content (AvgIpc) is 2.45. The summed E-state index contributed by atoms with van der Waals surface area (Å²) in [5.41, 5.74) is -0.682. The van der Waals surface area contributed by atoms with Gasteiger partial charge < -0.3 is 5.11 Å². The number of halogens is 5. The van der Waals surface area contributed by atoms with Gasteiger partial charge in [-0.1, -0.05) is 12.1 Å². The van der Waals surface area contributed by atoms with Crippen LogP contribution < -0.4 is 0 Å². The van der Waals surface area contributed by atoms with Crippen LogP contribution in [0.5, 0.6) is 5.75 Å². The van der Waals surface area contributed by atoms with E-state index in [0.717, 1.165) is 6.21 Å². The van der Waals surface area contributed by atoms with Gasteiger partial charge in [0.2, 0.25) is 5.82 Å². The third kappa shape index (κ3) is 2.58. The maximum Gasteiger partial charge on any atom is 0.200 e. The van der Waals surface area contributed by atoms with Gasteiger partial charge in [-0.2, -0.15) is 0 Å². The average molecular weight is 301 g/mol. The van der Waals surface area contributed by atoms with Crippen LogP contribution in [0.2, 0.25) is 0 Å². The Hall–Kier alpha value is -2.44. The van der Waals surface area contributed by atoms with E-state index in [1.165, 1.54) is 12.1 Å². The van der Waals surface area contributed by atoms with Gasteiger partial charge >= 0.3 is 0 Å². The molecule has 1 N–H and O–H groups in total. The predicted molar refractivity (Wildman–Crippen MR) is 66.3 cm³/mol. The van der Waals surface area contributed by atoms with E-state index in [4.69, 9.17) is 0 Å². The van der Waals surface area contributed by atoms with Gasteiger partial charge in [0.25, 0.3) is 0 Å². The summed E-state index contributed by atoms with van der Waals surface area (Å²) in [4.78, 5) is 3.28. The molecule has 0 spiro atoms. The van der Waals surface area contributed by atoms with Crippen molar-refractivity contribution in [1.29, 1.82) is 0 Å². The molecule has 110 valence electrons. The molecule has 2 nitrogen and oxygen atoms in total. The third-order valence-electron chi connectivity index (χ3n) is 2.81. The molecule has 0 fully saturated rings. The van der Waals surface area contributed by atoms with E-state index in [1.54, 1.807) is 13.0 Å². The summed E-state index contributed by atoms with van der Waals surface area (Å²) in [6.45, 7) is 1.58. The van der Waals surface area contributed by atoms with Crippen molar-refractivity contribution in [3.8, 4) is 5.75 Å². The Bertz CT molecular complexity index is 693. The number of phenolic OH excluding ortho intramolecular Hbond substituents is 1. The summed E-state index contributed by atoms with van der Waals surface area (Å²) < 4.78 is 65.7. The molecule has 0 amide bonds. The number of aliphatic imine (C=N–C) groups is 1. The van der Waals surface area contributed by atoms with Gasteiger partial charge in [-0.3, -0.25) is 0 Å². The highest BCUT2D eigenvalue weighted by molar-refractivity contribution is 5.87. The highest BCUT2D eigenvalue weighted by Crippen LogP contribution is 2.30. The largest absolute Gasteiger partial charge is 0.507 e.